The zero-order chi connectivity index (χ0) is 12.4. The lowest BCUT2D eigenvalue weighted by atomic mass is 10.0. The van der Waals surface area contributed by atoms with Crippen LogP contribution in [0.2, 0.25) is 5.02 Å². The van der Waals surface area contributed by atoms with Gasteiger partial charge in [0.25, 0.3) is 0 Å². The topological polar surface area (TPSA) is 20.2 Å². The maximum atomic E-state index is 13.5. The molecule has 0 bridgehead atoms. The quantitative estimate of drug-likeness (QED) is 0.875. The number of benzene rings is 2. The van der Waals surface area contributed by atoms with E-state index >= 15 is 0 Å². The fraction of sp³-hybridized carbons (Fsp3) is 0.0769. The SMILES string of the molecule is OC(c1cc(Cl)cc(Br)c1)c1ccccc1F. The van der Waals surface area contributed by atoms with E-state index in [0.29, 0.717) is 10.6 Å². The van der Waals surface area contributed by atoms with Crippen molar-refractivity contribution in [1.82, 2.24) is 0 Å². The van der Waals surface area contributed by atoms with Crippen molar-refractivity contribution in [1.29, 1.82) is 0 Å². The number of halogens is 3. The zero-order valence-electron chi connectivity index (χ0n) is 8.70. The summed E-state index contributed by atoms with van der Waals surface area (Å²) in [5.74, 6) is -0.434. The Bertz CT molecular complexity index is 524. The van der Waals surface area contributed by atoms with Gasteiger partial charge in [0, 0.05) is 15.1 Å². The lowest BCUT2D eigenvalue weighted by Crippen LogP contribution is -2.02. The van der Waals surface area contributed by atoms with E-state index in [-0.39, 0.29) is 5.56 Å². The second kappa shape index (κ2) is 5.17. The number of rotatable bonds is 2. The molecule has 0 amide bonds. The van der Waals surface area contributed by atoms with E-state index in [0.717, 1.165) is 4.47 Å². The molecule has 2 aromatic rings. The van der Waals surface area contributed by atoms with E-state index in [4.69, 9.17) is 11.6 Å². The molecular weight excluding hydrogens is 306 g/mol. The maximum absolute atomic E-state index is 13.5. The minimum absolute atomic E-state index is 0.238. The van der Waals surface area contributed by atoms with E-state index in [1.165, 1.54) is 6.07 Å². The summed E-state index contributed by atoms with van der Waals surface area (Å²) >= 11 is 9.17. The lowest BCUT2D eigenvalue weighted by molar-refractivity contribution is 0.215. The molecule has 0 saturated heterocycles. The molecule has 0 aromatic heterocycles. The minimum atomic E-state index is -1.02. The molecule has 0 aliphatic carbocycles. The summed E-state index contributed by atoms with van der Waals surface area (Å²) in [7, 11) is 0. The molecule has 0 heterocycles. The highest BCUT2D eigenvalue weighted by molar-refractivity contribution is 9.10. The normalized spacial score (nSPS) is 12.5. The Morgan fingerprint density at radius 2 is 1.88 bits per heavy atom. The van der Waals surface area contributed by atoms with Crippen LogP contribution in [0.15, 0.2) is 46.9 Å². The Labute approximate surface area is 112 Å². The lowest BCUT2D eigenvalue weighted by Gasteiger charge is -2.13. The molecule has 0 radical (unpaired) electrons. The highest BCUT2D eigenvalue weighted by atomic mass is 79.9. The second-order valence-electron chi connectivity index (χ2n) is 3.63. The van der Waals surface area contributed by atoms with E-state index in [1.54, 1.807) is 36.4 Å². The first-order valence-electron chi connectivity index (χ1n) is 4.96. The fourth-order valence-corrected chi connectivity index (χ4v) is 2.50. The standard InChI is InChI=1S/C13H9BrClFO/c14-9-5-8(6-10(15)7-9)13(17)11-3-1-2-4-12(11)16/h1-7,13,17H. The molecule has 0 saturated carbocycles. The van der Waals surface area contributed by atoms with Crippen molar-refractivity contribution in [2.45, 2.75) is 6.10 Å². The molecular formula is C13H9BrClFO. The van der Waals surface area contributed by atoms with Crippen molar-refractivity contribution < 1.29 is 9.50 Å². The number of hydrogen-bond acceptors (Lipinski definition) is 1. The molecule has 1 N–H and O–H groups in total. The van der Waals surface area contributed by atoms with Gasteiger partial charge in [-0.2, -0.15) is 0 Å². The van der Waals surface area contributed by atoms with E-state index in [2.05, 4.69) is 15.9 Å². The van der Waals surface area contributed by atoms with Crippen LogP contribution in [0, 0.1) is 5.82 Å². The van der Waals surface area contributed by atoms with Crippen molar-refractivity contribution >= 4 is 27.5 Å². The average molecular weight is 316 g/mol. The summed E-state index contributed by atoms with van der Waals surface area (Å²) in [6, 6.07) is 11.2. The molecule has 2 rings (SSSR count). The van der Waals surface area contributed by atoms with Crippen LogP contribution in [0.25, 0.3) is 0 Å². The smallest absolute Gasteiger partial charge is 0.129 e. The van der Waals surface area contributed by atoms with Crippen LogP contribution < -0.4 is 0 Å². The Hall–Kier alpha value is -0.900. The van der Waals surface area contributed by atoms with Crippen molar-refractivity contribution in [2.24, 2.45) is 0 Å². The Balaban J connectivity index is 2.43. The van der Waals surface area contributed by atoms with E-state index < -0.39 is 11.9 Å². The van der Waals surface area contributed by atoms with Crippen LogP contribution in [-0.2, 0) is 0 Å². The Kier molecular flexibility index (Phi) is 3.82. The van der Waals surface area contributed by atoms with Crippen LogP contribution in [0.3, 0.4) is 0 Å². The zero-order valence-corrected chi connectivity index (χ0v) is 11.0. The summed E-state index contributed by atoms with van der Waals surface area (Å²) in [6.07, 6.45) is -1.02. The maximum Gasteiger partial charge on any atom is 0.129 e. The Morgan fingerprint density at radius 3 is 2.53 bits per heavy atom. The van der Waals surface area contributed by atoms with Crippen molar-refractivity contribution in [2.75, 3.05) is 0 Å². The van der Waals surface area contributed by atoms with Gasteiger partial charge in [-0.05, 0) is 29.8 Å². The Morgan fingerprint density at radius 1 is 1.18 bits per heavy atom. The van der Waals surface area contributed by atoms with Gasteiger partial charge < -0.3 is 5.11 Å². The van der Waals surface area contributed by atoms with Gasteiger partial charge in [0.05, 0.1) is 0 Å². The summed E-state index contributed by atoms with van der Waals surface area (Å²) in [5, 5.41) is 10.6. The van der Waals surface area contributed by atoms with Crippen molar-refractivity contribution in [3.63, 3.8) is 0 Å². The molecule has 0 spiro atoms. The van der Waals surface area contributed by atoms with Crippen molar-refractivity contribution in [3.8, 4) is 0 Å². The summed E-state index contributed by atoms with van der Waals surface area (Å²) in [4.78, 5) is 0. The largest absolute Gasteiger partial charge is 0.384 e. The van der Waals surface area contributed by atoms with Gasteiger partial charge in [0.1, 0.15) is 11.9 Å². The average Bonchev–Trinajstić information content (AvgIpc) is 2.27. The third-order valence-electron chi connectivity index (χ3n) is 2.40. The molecule has 0 aliphatic rings. The van der Waals surface area contributed by atoms with Crippen LogP contribution >= 0.6 is 27.5 Å². The van der Waals surface area contributed by atoms with Crippen LogP contribution in [0.5, 0.6) is 0 Å². The summed E-state index contributed by atoms with van der Waals surface area (Å²) in [6.45, 7) is 0. The molecule has 1 unspecified atom stereocenters. The molecule has 1 atom stereocenters. The number of aliphatic hydroxyl groups is 1. The molecule has 4 heteroatoms. The third kappa shape index (κ3) is 2.86. The van der Waals surface area contributed by atoms with E-state index in [1.807, 2.05) is 0 Å². The third-order valence-corrected chi connectivity index (χ3v) is 3.08. The number of hydrogen-bond donors (Lipinski definition) is 1. The fourth-order valence-electron chi connectivity index (χ4n) is 1.61. The first-order valence-corrected chi connectivity index (χ1v) is 6.13. The van der Waals surface area contributed by atoms with Gasteiger partial charge in [-0.1, -0.05) is 45.7 Å². The highest BCUT2D eigenvalue weighted by Crippen LogP contribution is 2.28. The molecule has 88 valence electrons. The second-order valence-corrected chi connectivity index (χ2v) is 4.98. The van der Waals surface area contributed by atoms with Gasteiger partial charge in [-0.15, -0.1) is 0 Å². The predicted molar refractivity (Wildman–Crippen MR) is 69.6 cm³/mol. The van der Waals surface area contributed by atoms with Crippen LogP contribution in [0.1, 0.15) is 17.2 Å². The van der Waals surface area contributed by atoms with Gasteiger partial charge in [0.2, 0.25) is 0 Å². The highest BCUT2D eigenvalue weighted by Gasteiger charge is 2.15. The molecule has 0 fully saturated rings. The monoisotopic (exact) mass is 314 g/mol. The van der Waals surface area contributed by atoms with Gasteiger partial charge >= 0.3 is 0 Å². The van der Waals surface area contributed by atoms with Gasteiger partial charge in [-0.3, -0.25) is 0 Å². The molecule has 17 heavy (non-hydrogen) atoms. The van der Waals surface area contributed by atoms with Gasteiger partial charge in [-0.25, -0.2) is 4.39 Å². The molecule has 2 aromatic carbocycles. The first kappa shape index (κ1) is 12.6. The molecule has 1 nitrogen and oxygen atoms in total. The van der Waals surface area contributed by atoms with Gasteiger partial charge in [0.15, 0.2) is 0 Å². The van der Waals surface area contributed by atoms with Crippen LogP contribution in [-0.4, -0.2) is 5.11 Å². The van der Waals surface area contributed by atoms with Crippen LogP contribution in [0.4, 0.5) is 4.39 Å². The number of aliphatic hydroxyl groups excluding tert-OH is 1. The predicted octanol–water partition coefficient (Wildman–Crippen LogP) is 4.32. The summed E-state index contributed by atoms with van der Waals surface area (Å²) in [5.41, 5.74) is 0.788. The first-order chi connectivity index (χ1) is 8.08. The summed E-state index contributed by atoms with van der Waals surface area (Å²) < 4.78 is 14.3. The van der Waals surface area contributed by atoms with Crippen molar-refractivity contribution in [3.05, 3.63) is 68.9 Å². The molecule has 0 aliphatic heterocycles. The minimum Gasteiger partial charge on any atom is -0.384 e. The van der Waals surface area contributed by atoms with E-state index in [9.17, 15) is 9.50 Å².